The first-order valence-electron chi connectivity index (χ1n) is 8.12. The lowest BCUT2D eigenvalue weighted by Crippen LogP contribution is -2.30. The summed E-state index contributed by atoms with van der Waals surface area (Å²) in [4.78, 5) is 16.4. The van der Waals surface area contributed by atoms with Gasteiger partial charge in [-0.25, -0.2) is 4.98 Å². The van der Waals surface area contributed by atoms with Crippen molar-refractivity contribution < 1.29 is 9.21 Å². The van der Waals surface area contributed by atoms with Crippen LogP contribution in [0.2, 0.25) is 0 Å². The van der Waals surface area contributed by atoms with Crippen LogP contribution in [0.5, 0.6) is 0 Å². The molecule has 0 atom stereocenters. The minimum Gasteiger partial charge on any atom is -0.437 e. The molecule has 1 aliphatic rings. The maximum absolute atomic E-state index is 12.1. The molecule has 24 heavy (non-hydrogen) atoms. The van der Waals surface area contributed by atoms with E-state index in [-0.39, 0.29) is 11.3 Å². The number of para-hydroxylation sites is 2. The number of carbonyl (C=O) groups excluding carboxylic acids is 1. The van der Waals surface area contributed by atoms with Crippen molar-refractivity contribution in [1.29, 1.82) is 0 Å². The molecule has 1 aliphatic carbocycles. The normalized spacial score (nSPS) is 15.7. The van der Waals surface area contributed by atoms with E-state index in [0.717, 1.165) is 23.9 Å². The third-order valence-corrected chi connectivity index (χ3v) is 4.53. The summed E-state index contributed by atoms with van der Waals surface area (Å²) in [7, 11) is 0. The van der Waals surface area contributed by atoms with E-state index < -0.39 is 0 Å². The smallest absolute Gasteiger partial charge is 0.244 e. The fourth-order valence-electron chi connectivity index (χ4n) is 2.93. The van der Waals surface area contributed by atoms with Crippen LogP contribution in [0, 0.1) is 0 Å². The molecule has 0 aliphatic heterocycles. The monoisotopic (exact) mass is 318 g/mol. The van der Waals surface area contributed by atoms with Gasteiger partial charge in [-0.05, 0) is 30.5 Å². The fourth-order valence-corrected chi connectivity index (χ4v) is 2.93. The highest BCUT2D eigenvalue weighted by molar-refractivity contribution is 5.91. The van der Waals surface area contributed by atoms with Crippen molar-refractivity contribution in [2.24, 2.45) is 0 Å². The maximum Gasteiger partial charge on any atom is 0.244 e. The predicted octanol–water partition coefficient (Wildman–Crippen LogP) is 3.69. The van der Waals surface area contributed by atoms with E-state index in [1.807, 2.05) is 42.5 Å². The van der Waals surface area contributed by atoms with E-state index in [2.05, 4.69) is 22.4 Å². The molecule has 0 spiro atoms. The van der Waals surface area contributed by atoms with Crippen LogP contribution in [0.25, 0.3) is 17.2 Å². The number of nitrogens with zero attached hydrogens (tertiary/aromatic N) is 1. The molecule has 4 rings (SSSR count). The highest BCUT2D eigenvalue weighted by Gasteiger charge is 2.44. The van der Waals surface area contributed by atoms with Crippen LogP contribution in [-0.4, -0.2) is 17.4 Å². The summed E-state index contributed by atoms with van der Waals surface area (Å²) in [6.07, 6.45) is 5.32. The molecule has 4 nitrogen and oxygen atoms in total. The van der Waals surface area contributed by atoms with Gasteiger partial charge in [0, 0.05) is 24.1 Å². The molecule has 1 N–H and O–H groups in total. The molecule has 0 bridgehead atoms. The van der Waals surface area contributed by atoms with Gasteiger partial charge in [0.05, 0.1) is 0 Å². The molecular formula is C20H18N2O2. The summed E-state index contributed by atoms with van der Waals surface area (Å²) < 4.78 is 5.57. The molecule has 1 amide bonds. The standard InChI is InChI=1S/C20H18N2O2/c23-18(10-11-19-22-16-8-4-5-9-17(16)24-19)21-14-20(12-13-20)15-6-2-1-3-7-15/h1-11H,12-14H2,(H,21,23). The Morgan fingerprint density at radius 1 is 1.12 bits per heavy atom. The summed E-state index contributed by atoms with van der Waals surface area (Å²) in [5.41, 5.74) is 2.92. The molecule has 2 aromatic carbocycles. The van der Waals surface area contributed by atoms with Gasteiger partial charge in [-0.1, -0.05) is 42.5 Å². The number of aromatic nitrogens is 1. The van der Waals surface area contributed by atoms with Gasteiger partial charge in [-0.15, -0.1) is 0 Å². The Morgan fingerprint density at radius 3 is 2.62 bits per heavy atom. The molecule has 1 saturated carbocycles. The quantitative estimate of drug-likeness (QED) is 0.730. The Labute approximate surface area is 140 Å². The summed E-state index contributed by atoms with van der Waals surface area (Å²) in [6, 6.07) is 17.9. The van der Waals surface area contributed by atoms with Crippen LogP contribution in [0.1, 0.15) is 24.3 Å². The van der Waals surface area contributed by atoms with Gasteiger partial charge in [0.1, 0.15) is 5.52 Å². The van der Waals surface area contributed by atoms with Gasteiger partial charge < -0.3 is 9.73 Å². The second-order valence-electron chi connectivity index (χ2n) is 6.22. The minimum absolute atomic E-state index is 0.113. The van der Waals surface area contributed by atoms with Gasteiger partial charge in [0.15, 0.2) is 5.58 Å². The van der Waals surface area contributed by atoms with E-state index in [9.17, 15) is 4.79 Å². The van der Waals surface area contributed by atoms with Gasteiger partial charge in [-0.2, -0.15) is 0 Å². The molecule has 120 valence electrons. The zero-order valence-corrected chi connectivity index (χ0v) is 13.2. The topological polar surface area (TPSA) is 55.1 Å². The van der Waals surface area contributed by atoms with Crippen LogP contribution < -0.4 is 5.32 Å². The molecule has 4 heteroatoms. The Hall–Kier alpha value is -2.88. The maximum atomic E-state index is 12.1. The summed E-state index contributed by atoms with van der Waals surface area (Å²) in [5.74, 6) is 0.315. The molecule has 0 saturated heterocycles. The molecule has 0 radical (unpaired) electrons. The molecule has 3 aromatic rings. The first kappa shape index (κ1) is 14.7. The van der Waals surface area contributed by atoms with Crippen molar-refractivity contribution in [1.82, 2.24) is 10.3 Å². The minimum atomic E-state index is -0.125. The number of oxazole rings is 1. The number of benzene rings is 2. The van der Waals surface area contributed by atoms with Crippen molar-refractivity contribution in [3.8, 4) is 0 Å². The highest BCUT2D eigenvalue weighted by atomic mass is 16.3. The lowest BCUT2D eigenvalue weighted by molar-refractivity contribution is -0.116. The highest BCUT2D eigenvalue weighted by Crippen LogP contribution is 2.47. The van der Waals surface area contributed by atoms with Crippen LogP contribution in [0.4, 0.5) is 0 Å². The average Bonchev–Trinajstić information content (AvgIpc) is 3.30. The summed E-state index contributed by atoms with van der Waals surface area (Å²) in [5, 5.41) is 2.99. The van der Waals surface area contributed by atoms with E-state index in [0.29, 0.717) is 12.4 Å². The third kappa shape index (κ3) is 2.95. The number of nitrogens with one attached hydrogen (secondary N) is 1. The molecule has 1 aromatic heterocycles. The lowest BCUT2D eigenvalue weighted by Gasteiger charge is -2.15. The zero-order chi connectivity index (χ0) is 16.4. The number of carbonyl (C=O) groups is 1. The number of hydrogen-bond donors (Lipinski definition) is 1. The predicted molar refractivity (Wildman–Crippen MR) is 93.4 cm³/mol. The van der Waals surface area contributed by atoms with E-state index in [1.165, 1.54) is 11.6 Å². The van der Waals surface area contributed by atoms with Crippen LogP contribution >= 0.6 is 0 Å². The first-order valence-corrected chi connectivity index (χ1v) is 8.12. The van der Waals surface area contributed by atoms with E-state index in [4.69, 9.17) is 4.42 Å². The molecule has 0 unspecified atom stereocenters. The van der Waals surface area contributed by atoms with Crippen LogP contribution in [-0.2, 0) is 10.2 Å². The van der Waals surface area contributed by atoms with Crippen molar-refractivity contribution in [3.63, 3.8) is 0 Å². The number of amides is 1. The van der Waals surface area contributed by atoms with Crippen molar-refractivity contribution in [2.45, 2.75) is 18.3 Å². The van der Waals surface area contributed by atoms with Gasteiger partial charge in [0.25, 0.3) is 0 Å². The lowest BCUT2D eigenvalue weighted by atomic mass is 9.96. The van der Waals surface area contributed by atoms with Crippen molar-refractivity contribution >= 4 is 23.1 Å². The second kappa shape index (κ2) is 5.96. The second-order valence-corrected chi connectivity index (χ2v) is 6.22. The van der Waals surface area contributed by atoms with E-state index in [1.54, 1.807) is 6.08 Å². The van der Waals surface area contributed by atoms with Gasteiger partial charge in [0.2, 0.25) is 11.8 Å². The van der Waals surface area contributed by atoms with Crippen molar-refractivity contribution in [3.05, 3.63) is 72.1 Å². The zero-order valence-electron chi connectivity index (χ0n) is 13.2. The summed E-state index contributed by atoms with van der Waals surface area (Å²) >= 11 is 0. The molecular weight excluding hydrogens is 300 g/mol. The van der Waals surface area contributed by atoms with Crippen molar-refractivity contribution in [2.75, 3.05) is 6.54 Å². The average molecular weight is 318 g/mol. The van der Waals surface area contributed by atoms with E-state index >= 15 is 0 Å². The fraction of sp³-hybridized carbons (Fsp3) is 0.200. The van der Waals surface area contributed by atoms with Crippen LogP contribution in [0.3, 0.4) is 0 Å². The Morgan fingerprint density at radius 2 is 1.88 bits per heavy atom. The Kier molecular flexibility index (Phi) is 3.65. The first-order chi connectivity index (χ1) is 11.8. The number of hydrogen-bond acceptors (Lipinski definition) is 3. The molecule has 1 fully saturated rings. The molecule has 1 heterocycles. The van der Waals surface area contributed by atoms with Crippen LogP contribution in [0.15, 0.2) is 65.1 Å². The summed E-state index contributed by atoms with van der Waals surface area (Å²) in [6.45, 7) is 0.660. The Bertz CT molecular complexity index is 859. The number of rotatable bonds is 5. The van der Waals surface area contributed by atoms with Gasteiger partial charge >= 0.3 is 0 Å². The Balaban J connectivity index is 1.38. The third-order valence-electron chi connectivity index (χ3n) is 4.53. The largest absolute Gasteiger partial charge is 0.437 e. The SMILES string of the molecule is O=C(C=Cc1nc2ccccc2o1)NCC1(c2ccccc2)CC1. The van der Waals surface area contributed by atoms with Gasteiger partial charge in [-0.3, -0.25) is 4.79 Å². The number of fused-ring (bicyclic) bond motifs is 1.